The number of Topliss-reactive ketones (excluding diaryl/α,β-unsaturated/α-hetero) is 1. The van der Waals surface area contributed by atoms with Gasteiger partial charge in [-0.25, -0.2) is 0 Å². The minimum atomic E-state index is 0.295. The standard InChI is InChI=1S/C14H26O2/c1-14(2,3)9-10-16-11-13(15)12-7-5-4-6-8-12/h12H,4-11H2,1-3H3. The number of hydrogen-bond acceptors (Lipinski definition) is 2. The van der Waals surface area contributed by atoms with E-state index in [1.165, 1.54) is 19.3 Å². The van der Waals surface area contributed by atoms with Gasteiger partial charge in [0, 0.05) is 12.5 Å². The number of hydrogen-bond donors (Lipinski definition) is 0. The van der Waals surface area contributed by atoms with Crippen molar-refractivity contribution >= 4 is 5.78 Å². The van der Waals surface area contributed by atoms with Crippen molar-refractivity contribution in [2.75, 3.05) is 13.2 Å². The van der Waals surface area contributed by atoms with E-state index in [0.29, 0.717) is 30.3 Å². The molecule has 0 heterocycles. The minimum absolute atomic E-state index is 0.295. The molecule has 0 aromatic rings. The van der Waals surface area contributed by atoms with E-state index in [-0.39, 0.29) is 0 Å². The Morgan fingerprint density at radius 2 is 1.81 bits per heavy atom. The Morgan fingerprint density at radius 3 is 2.38 bits per heavy atom. The molecule has 0 N–H and O–H groups in total. The zero-order valence-electron chi connectivity index (χ0n) is 11.1. The summed E-state index contributed by atoms with van der Waals surface area (Å²) in [6, 6.07) is 0. The third-order valence-corrected chi connectivity index (χ3v) is 3.30. The molecule has 1 aliphatic rings. The third-order valence-electron chi connectivity index (χ3n) is 3.30. The zero-order valence-corrected chi connectivity index (χ0v) is 11.1. The summed E-state index contributed by atoms with van der Waals surface area (Å²) in [6.45, 7) is 7.63. The van der Waals surface area contributed by atoms with Crippen LogP contribution < -0.4 is 0 Å². The van der Waals surface area contributed by atoms with Gasteiger partial charge in [-0.3, -0.25) is 4.79 Å². The first-order chi connectivity index (χ1) is 7.49. The van der Waals surface area contributed by atoms with Gasteiger partial charge in [0.15, 0.2) is 5.78 Å². The van der Waals surface area contributed by atoms with Gasteiger partial charge in [-0.1, -0.05) is 40.0 Å². The van der Waals surface area contributed by atoms with E-state index < -0.39 is 0 Å². The molecule has 0 unspecified atom stereocenters. The maximum absolute atomic E-state index is 11.8. The van der Waals surface area contributed by atoms with Crippen LogP contribution >= 0.6 is 0 Å². The lowest BCUT2D eigenvalue weighted by molar-refractivity contribution is -0.128. The number of rotatable bonds is 5. The molecule has 1 rings (SSSR count). The highest BCUT2D eigenvalue weighted by Crippen LogP contribution is 2.24. The fourth-order valence-corrected chi connectivity index (χ4v) is 2.09. The monoisotopic (exact) mass is 226 g/mol. The molecule has 0 aliphatic heterocycles. The maximum atomic E-state index is 11.8. The molecule has 1 aliphatic carbocycles. The maximum Gasteiger partial charge on any atom is 0.161 e. The van der Waals surface area contributed by atoms with Gasteiger partial charge < -0.3 is 4.74 Å². The first-order valence-corrected chi connectivity index (χ1v) is 6.59. The molecule has 0 bridgehead atoms. The van der Waals surface area contributed by atoms with Gasteiger partial charge in [0.2, 0.25) is 0 Å². The van der Waals surface area contributed by atoms with E-state index in [1.807, 2.05) is 0 Å². The molecule has 0 aromatic carbocycles. The summed E-state index contributed by atoms with van der Waals surface area (Å²) in [7, 11) is 0. The Bertz CT molecular complexity index is 209. The SMILES string of the molecule is CC(C)(C)CCOCC(=O)C1CCCCC1. The van der Waals surface area contributed by atoms with Crippen LogP contribution in [-0.4, -0.2) is 19.0 Å². The second kappa shape index (κ2) is 6.39. The summed E-state index contributed by atoms with van der Waals surface area (Å²) in [6.07, 6.45) is 6.93. The Balaban J connectivity index is 2.10. The first-order valence-electron chi connectivity index (χ1n) is 6.59. The van der Waals surface area contributed by atoms with Crippen molar-refractivity contribution in [3.63, 3.8) is 0 Å². The van der Waals surface area contributed by atoms with Gasteiger partial charge >= 0.3 is 0 Å². The molecule has 0 saturated heterocycles. The largest absolute Gasteiger partial charge is 0.374 e. The topological polar surface area (TPSA) is 26.3 Å². The second-order valence-electron chi connectivity index (χ2n) is 6.16. The molecular weight excluding hydrogens is 200 g/mol. The normalized spacial score (nSPS) is 18.7. The van der Waals surface area contributed by atoms with Crippen LogP contribution in [0.1, 0.15) is 59.3 Å². The Morgan fingerprint density at radius 1 is 1.19 bits per heavy atom. The summed E-state index contributed by atoms with van der Waals surface area (Å²) >= 11 is 0. The van der Waals surface area contributed by atoms with Gasteiger partial charge in [-0.15, -0.1) is 0 Å². The Labute approximate surface area is 99.8 Å². The number of carbonyl (C=O) groups excluding carboxylic acids is 1. The molecule has 94 valence electrons. The lowest BCUT2D eigenvalue weighted by Gasteiger charge is -2.21. The van der Waals surface area contributed by atoms with Crippen molar-refractivity contribution in [3.8, 4) is 0 Å². The molecule has 0 spiro atoms. The number of carbonyl (C=O) groups is 1. The molecule has 0 atom stereocenters. The second-order valence-corrected chi connectivity index (χ2v) is 6.16. The third kappa shape index (κ3) is 5.64. The van der Waals surface area contributed by atoms with Gasteiger partial charge in [-0.2, -0.15) is 0 Å². The predicted octanol–water partition coefficient (Wildman–Crippen LogP) is 3.59. The van der Waals surface area contributed by atoms with Gasteiger partial charge in [-0.05, 0) is 24.7 Å². The van der Waals surface area contributed by atoms with Gasteiger partial charge in [0.25, 0.3) is 0 Å². The predicted molar refractivity (Wildman–Crippen MR) is 66.5 cm³/mol. The molecule has 1 saturated carbocycles. The average Bonchev–Trinajstić information content (AvgIpc) is 2.24. The highest BCUT2D eigenvalue weighted by Gasteiger charge is 2.21. The fraction of sp³-hybridized carbons (Fsp3) is 0.929. The van der Waals surface area contributed by atoms with E-state index in [1.54, 1.807) is 0 Å². The van der Waals surface area contributed by atoms with Crippen LogP contribution in [0.5, 0.6) is 0 Å². The van der Waals surface area contributed by atoms with Crippen molar-refractivity contribution in [3.05, 3.63) is 0 Å². The van der Waals surface area contributed by atoms with Crippen LogP contribution in [0.2, 0.25) is 0 Å². The highest BCUT2D eigenvalue weighted by atomic mass is 16.5. The molecule has 2 nitrogen and oxygen atoms in total. The van der Waals surface area contributed by atoms with Gasteiger partial charge in [0.05, 0.1) is 0 Å². The molecule has 0 aromatic heterocycles. The van der Waals surface area contributed by atoms with Crippen molar-refractivity contribution in [2.45, 2.75) is 59.3 Å². The van der Waals surface area contributed by atoms with E-state index in [2.05, 4.69) is 20.8 Å². The molecular formula is C14H26O2. The van der Waals surface area contributed by atoms with Crippen LogP contribution in [0, 0.1) is 11.3 Å². The number of ketones is 1. The van der Waals surface area contributed by atoms with Crippen LogP contribution in [0.25, 0.3) is 0 Å². The summed E-state index contributed by atoms with van der Waals surface area (Å²) in [4.78, 5) is 11.8. The Kier molecular flexibility index (Phi) is 5.47. The van der Waals surface area contributed by atoms with E-state index in [9.17, 15) is 4.79 Å². The Hall–Kier alpha value is -0.370. The van der Waals surface area contributed by atoms with Crippen LogP contribution in [0.15, 0.2) is 0 Å². The molecule has 1 fully saturated rings. The van der Waals surface area contributed by atoms with Gasteiger partial charge in [0.1, 0.15) is 6.61 Å². The summed E-state index contributed by atoms with van der Waals surface area (Å²) < 4.78 is 5.48. The smallest absolute Gasteiger partial charge is 0.161 e. The summed E-state index contributed by atoms with van der Waals surface area (Å²) in [5.74, 6) is 0.622. The van der Waals surface area contributed by atoms with Crippen molar-refractivity contribution < 1.29 is 9.53 Å². The van der Waals surface area contributed by atoms with Crippen molar-refractivity contribution in [1.29, 1.82) is 0 Å². The highest BCUT2D eigenvalue weighted by molar-refractivity contribution is 5.82. The zero-order chi connectivity index (χ0) is 12.0. The molecule has 0 radical (unpaired) electrons. The molecule has 16 heavy (non-hydrogen) atoms. The average molecular weight is 226 g/mol. The fourth-order valence-electron chi connectivity index (χ4n) is 2.09. The summed E-state index contributed by atoms with van der Waals surface area (Å²) in [5, 5.41) is 0. The lowest BCUT2D eigenvalue weighted by atomic mass is 9.86. The van der Waals surface area contributed by atoms with Crippen molar-refractivity contribution in [2.24, 2.45) is 11.3 Å². The number of ether oxygens (including phenoxy) is 1. The van der Waals surface area contributed by atoms with Crippen LogP contribution in [0.3, 0.4) is 0 Å². The van der Waals surface area contributed by atoms with E-state index >= 15 is 0 Å². The molecule has 0 amide bonds. The van der Waals surface area contributed by atoms with Crippen LogP contribution in [0.4, 0.5) is 0 Å². The van der Waals surface area contributed by atoms with E-state index in [4.69, 9.17) is 4.74 Å². The first kappa shape index (κ1) is 13.7. The van der Waals surface area contributed by atoms with Crippen molar-refractivity contribution in [1.82, 2.24) is 0 Å². The van der Waals surface area contributed by atoms with E-state index in [0.717, 1.165) is 19.3 Å². The lowest BCUT2D eigenvalue weighted by Crippen LogP contribution is -2.23. The molecule has 2 heteroatoms. The minimum Gasteiger partial charge on any atom is -0.374 e. The summed E-state index contributed by atoms with van der Waals surface area (Å²) in [5.41, 5.74) is 0.299. The quantitative estimate of drug-likeness (QED) is 0.670. The van der Waals surface area contributed by atoms with Crippen LogP contribution in [-0.2, 0) is 9.53 Å².